The Morgan fingerprint density at radius 3 is 2.74 bits per heavy atom. The number of ether oxygens (including phenoxy) is 2. The number of hydrogen-bond acceptors (Lipinski definition) is 4. The summed E-state index contributed by atoms with van der Waals surface area (Å²) in [6.07, 6.45) is 4.67. The van der Waals surface area contributed by atoms with E-state index < -0.39 is 0 Å². The Morgan fingerprint density at radius 2 is 2.04 bits per heavy atom. The van der Waals surface area contributed by atoms with Crippen LogP contribution in [0.4, 0.5) is 0 Å². The number of fused-ring (bicyclic) bond motifs is 1. The molecule has 0 aromatic heterocycles. The smallest absolute Gasteiger partial charge is 0.222 e. The average molecular weight is 374 g/mol. The Kier molecular flexibility index (Phi) is 6.72. The van der Waals surface area contributed by atoms with Crippen LogP contribution >= 0.6 is 0 Å². The second-order valence-corrected chi connectivity index (χ2v) is 7.39. The Balaban J connectivity index is 1.53. The second-order valence-electron chi connectivity index (χ2n) is 7.39. The molecule has 148 valence electrons. The maximum Gasteiger partial charge on any atom is 0.222 e. The van der Waals surface area contributed by atoms with Crippen molar-refractivity contribution in [2.45, 2.75) is 50.7 Å². The van der Waals surface area contributed by atoms with Crippen LogP contribution in [0.3, 0.4) is 0 Å². The van der Waals surface area contributed by atoms with Crippen LogP contribution in [-0.2, 0) is 20.7 Å². The quantitative estimate of drug-likeness (QED) is 0.829. The molecule has 0 spiro atoms. The van der Waals surface area contributed by atoms with Crippen molar-refractivity contribution in [1.29, 1.82) is 0 Å². The molecule has 0 unspecified atom stereocenters. The van der Waals surface area contributed by atoms with Gasteiger partial charge in [0.1, 0.15) is 5.75 Å². The number of methoxy groups -OCH3 is 1. The minimum Gasteiger partial charge on any atom is -0.497 e. The van der Waals surface area contributed by atoms with Crippen molar-refractivity contribution < 1.29 is 19.1 Å². The summed E-state index contributed by atoms with van der Waals surface area (Å²) in [7, 11) is 3.33. The van der Waals surface area contributed by atoms with Crippen molar-refractivity contribution in [2.24, 2.45) is 5.92 Å². The first-order valence-electron chi connectivity index (χ1n) is 9.88. The number of nitrogens with zero attached hydrogens (tertiary/aromatic N) is 1. The predicted molar refractivity (Wildman–Crippen MR) is 103 cm³/mol. The van der Waals surface area contributed by atoms with Gasteiger partial charge in [0, 0.05) is 25.9 Å². The molecule has 1 aliphatic carbocycles. The van der Waals surface area contributed by atoms with Crippen molar-refractivity contribution in [1.82, 2.24) is 10.2 Å². The molecule has 3 rings (SSSR count). The lowest BCUT2D eigenvalue weighted by Crippen LogP contribution is -2.57. The maximum absolute atomic E-state index is 12.8. The van der Waals surface area contributed by atoms with Crippen LogP contribution in [0.15, 0.2) is 24.3 Å². The highest BCUT2D eigenvalue weighted by Crippen LogP contribution is 2.33. The molecule has 1 aromatic carbocycles. The molecule has 2 amide bonds. The van der Waals surface area contributed by atoms with Gasteiger partial charge in [0.05, 0.1) is 25.9 Å². The Hall–Kier alpha value is -2.08. The predicted octanol–water partition coefficient (Wildman–Crippen LogP) is 2.16. The van der Waals surface area contributed by atoms with Crippen molar-refractivity contribution in [2.75, 3.05) is 27.3 Å². The highest BCUT2D eigenvalue weighted by Gasteiger charge is 2.41. The van der Waals surface area contributed by atoms with E-state index in [-0.39, 0.29) is 29.9 Å². The van der Waals surface area contributed by atoms with Gasteiger partial charge in [-0.1, -0.05) is 12.1 Å². The Bertz CT molecular complexity index is 646. The standard InChI is InChI=1S/C21H30N2O4/c1-22-21(25)16-8-11-19-18(14-16)23(12-13-27-19)20(24)5-3-4-15-6-9-17(26-2)10-7-15/h6-7,9-10,16,18-19H,3-5,8,11-14H2,1-2H3,(H,22,25)/t16-,18+,19+/m0/s1. The van der Waals surface area contributed by atoms with Gasteiger partial charge in [0.25, 0.3) is 0 Å². The summed E-state index contributed by atoms with van der Waals surface area (Å²) in [6, 6.07) is 8.02. The van der Waals surface area contributed by atoms with Gasteiger partial charge in [-0.05, 0) is 49.8 Å². The van der Waals surface area contributed by atoms with Gasteiger partial charge >= 0.3 is 0 Å². The Labute approximate surface area is 161 Å². The van der Waals surface area contributed by atoms with Gasteiger partial charge in [0.15, 0.2) is 0 Å². The van der Waals surface area contributed by atoms with Crippen LogP contribution in [0.5, 0.6) is 5.75 Å². The van der Waals surface area contributed by atoms with Crippen molar-refractivity contribution >= 4 is 11.8 Å². The molecule has 6 nitrogen and oxygen atoms in total. The van der Waals surface area contributed by atoms with Crippen LogP contribution in [0.2, 0.25) is 0 Å². The molecule has 0 bridgehead atoms. The van der Waals surface area contributed by atoms with Crippen LogP contribution in [0, 0.1) is 5.92 Å². The zero-order valence-corrected chi connectivity index (χ0v) is 16.3. The monoisotopic (exact) mass is 374 g/mol. The van der Waals surface area contributed by atoms with Crippen molar-refractivity contribution in [3.05, 3.63) is 29.8 Å². The average Bonchev–Trinajstić information content (AvgIpc) is 2.72. The lowest BCUT2D eigenvalue weighted by Gasteiger charge is -2.45. The van der Waals surface area contributed by atoms with E-state index in [0.29, 0.717) is 26.0 Å². The summed E-state index contributed by atoms with van der Waals surface area (Å²) in [5.41, 5.74) is 1.21. The SMILES string of the molecule is CNC(=O)[C@H]1CC[C@H]2OCCN(C(=O)CCCc3ccc(OC)cc3)[C@@H]2C1. The van der Waals surface area contributed by atoms with E-state index in [0.717, 1.165) is 31.4 Å². The molecular weight excluding hydrogens is 344 g/mol. The number of amides is 2. The van der Waals surface area contributed by atoms with Crippen LogP contribution in [0.25, 0.3) is 0 Å². The van der Waals surface area contributed by atoms with E-state index in [1.165, 1.54) is 5.56 Å². The summed E-state index contributed by atoms with van der Waals surface area (Å²) < 4.78 is 11.1. The van der Waals surface area contributed by atoms with E-state index in [1.807, 2.05) is 29.2 Å². The maximum atomic E-state index is 12.8. The highest BCUT2D eigenvalue weighted by atomic mass is 16.5. The summed E-state index contributed by atoms with van der Waals surface area (Å²) in [4.78, 5) is 26.8. The molecule has 1 N–H and O–H groups in total. The fourth-order valence-corrected chi connectivity index (χ4v) is 4.24. The molecule has 1 saturated carbocycles. The fraction of sp³-hybridized carbons (Fsp3) is 0.619. The molecule has 1 aromatic rings. The third kappa shape index (κ3) is 4.80. The minimum absolute atomic E-state index is 0.0208. The molecule has 0 radical (unpaired) electrons. The van der Waals surface area contributed by atoms with Gasteiger partial charge in [0.2, 0.25) is 11.8 Å². The van der Waals surface area contributed by atoms with Gasteiger partial charge in [-0.3, -0.25) is 9.59 Å². The molecule has 1 saturated heterocycles. The summed E-state index contributed by atoms with van der Waals surface area (Å²) in [6.45, 7) is 1.22. The third-order valence-corrected chi connectivity index (χ3v) is 5.77. The number of hydrogen-bond donors (Lipinski definition) is 1. The first kappa shape index (κ1) is 19.7. The van der Waals surface area contributed by atoms with Gasteiger partial charge in [-0.25, -0.2) is 0 Å². The number of nitrogens with one attached hydrogen (secondary N) is 1. The van der Waals surface area contributed by atoms with Crippen LogP contribution in [0.1, 0.15) is 37.7 Å². The molecule has 1 aliphatic heterocycles. The topological polar surface area (TPSA) is 67.9 Å². The van der Waals surface area contributed by atoms with Crippen LogP contribution in [-0.4, -0.2) is 56.2 Å². The van der Waals surface area contributed by atoms with Gasteiger partial charge in [-0.15, -0.1) is 0 Å². The van der Waals surface area contributed by atoms with E-state index >= 15 is 0 Å². The molecule has 2 fully saturated rings. The van der Waals surface area contributed by atoms with E-state index in [4.69, 9.17) is 9.47 Å². The zero-order chi connectivity index (χ0) is 19.2. The summed E-state index contributed by atoms with van der Waals surface area (Å²) in [5, 5.41) is 2.74. The highest BCUT2D eigenvalue weighted by molar-refractivity contribution is 5.79. The first-order valence-corrected chi connectivity index (χ1v) is 9.88. The van der Waals surface area contributed by atoms with Gasteiger partial charge in [-0.2, -0.15) is 0 Å². The molecule has 6 heteroatoms. The molecule has 3 atom stereocenters. The number of morpholine rings is 1. The lowest BCUT2D eigenvalue weighted by molar-refractivity contribution is -0.154. The van der Waals surface area contributed by atoms with Crippen LogP contribution < -0.4 is 10.1 Å². The fourth-order valence-electron chi connectivity index (χ4n) is 4.24. The van der Waals surface area contributed by atoms with Gasteiger partial charge < -0.3 is 19.7 Å². The normalized spacial score (nSPS) is 24.8. The molecule has 1 heterocycles. The van der Waals surface area contributed by atoms with E-state index in [9.17, 15) is 9.59 Å². The van der Waals surface area contributed by atoms with Crippen molar-refractivity contribution in [3.8, 4) is 5.75 Å². The third-order valence-electron chi connectivity index (χ3n) is 5.77. The minimum atomic E-state index is -0.0208. The first-order chi connectivity index (χ1) is 13.1. The number of benzene rings is 1. The zero-order valence-electron chi connectivity index (χ0n) is 16.3. The molecule has 27 heavy (non-hydrogen) atoms. The van der Waals surface area contributed by atoms with E-state index in [1.54, 1.807) is 14.2 Å². The lowest BCUT2D eigenvalue weighted by atomic mass is 9.81. The summed E-state index contributed by atoms with van der Waals surface area (Å²) in [5.74, 6) is 1.08. The second kappa shape index (κ2) is 9.22. The molecular formula is C21H30N2O4. The summed E-state index contributed by atoms with van der Waals surface area (Å²) >= 11 is 0. The molecule has 2 aliphatic rings. The number of aryl methyl sites for hydroxylation is 1. The van der Waals surface area contributed by atoms with Crippen molar-refractivity contribution in [3.63, 3.8) is 0 Å². The largest absolute Gasteiger partial charge is 0.497 e. The number of carbonyl (C=O) groups excluding carboxylic acids is 2. The van der Waals surface area contributed by atoms with E-state index in [2.05, 4.69) is 5.32 Å². The number of rotatable bonds is 6. The number of carbonyl (C=O) groups is 2. The Morgan fingerprint density at radius 1 is 1.26 bits per heavy atom.